The number of ether oxygens (including phenoxy) is 1. The van der Waals surface area contributed by atoms with E-state index in [0.717, 1.165) is 16.7 Å². The quantitative estimate of drug-likeness (QED) is 0.639. The van der Waals surface area contributed by atoms with Gasteiger partial charge in [-0.3, -0.25) is 14.9 Å². The minimum Gasteiger partial charge on any atom is -0.496 e. The van der Waals surface area contributed by atoms with E-state index in [4.69, 9.17) is 4.74 Å². The fraction of sp³-hybridized carbons (Fsp3) is 0.214. The van der Waals surface area contributed by atoms with Crippen LogP contribution in [-0.4, -0.2) is 16.6 Å². The lowest BCUT2D eigenvalue weighted by atomic mass is 10.1. The van der Waals surface area contributed by atoms with Gasteiger partial charge in [-0.15, -0.1) is 0 Å². The molecule has 0 N–H and O–H groups in total. The van der Waals surface area contributed by atoms with Gasteiger partial charge in [0.25, 0.3) is 11.2 Å². The summed E-state index contributed by atoms with van der Waals surface area (Å²) in [5.74, 6) is 0.236. The molecule has 122 valence electrons. The van der Waals surface area contributed by atoms with E-state index in [2.05, 4.69) is 0 Å². The Morgan fingerprint density at radius 2 is 2.00 bits per heavy atom. The van der Waals surface area contributed by atoms with E-state index in [-0.39, 0.29) is 23.5 Å². The second-order valence-electron chi connectivity index (χ2n) is 4.61. The number of alkyl halides is 3. The molecule has 0 spiro atoms. The van der Waals surface area contributed by atoms with E-state index < -0.39 is 22.2 Å². The van der Waals surface area contributed by atoms with Crippen molar-refractivity contribution in [2.24, 2.45) is 0 Å². The molecule has 0 aliphatic rings. The number of non-ortho nitro benzene ring substituents is 1. The van der Waals surface area contributed by atoms with Crippen LogP contribution in [0.4, 0.5) is 18.9 Å². The van der Waals surface area contributed by atoms with Gasteiger partial charge in [-0.1, -0.05) is 0 Å². The zero-order valence-electron chi connectivity index (χ0n) is 11.8. The van der Waals surface area contributed by atoms with Crippen LogP contribution in [0.1, 0.15) is 11.1 Å². The lowest BCUT2D eigenvalue weighted by molar-refractivity contribution is -0.384. The lowest BCUT2D eigenvalue weighted by Crippen LogP contribution is -2.28. The van der Waals surface area contributed by atoms with Crippen LogP contribution in [0.3, 0.4) is 0 Å². The third kappa shape index (κ3) is 3.50. The van der Waals surface area contributed by atoms with Crippen molar-refractivity contribution in [1.82, 2.24) is 4.57 Å². The van der Waals surface area contributed by atoms with Gasteiger partial charge in [-0.25, -0.2) is 0 Å². The summed E-state index contributed by atoms with van der Waals surface area (Å²) in [7, 11) is 1.32. The normalized spacial score (nSPS) is 11.3. The molecule has 6 nitrogen and oxygen atoms in total. The molecule has 23 heavy (non-hydrogen) atoms. The predicted molar refractivity (Wildman–Crippen MR) is 74.5 cm³/mol. The van der Waals surface area contributed by atoms with E-state index in [1.165, 1.54) is 25.4 Å². The molecule has 0 bridgehead atoms. The number of methoxy groups -OCH3 is 1. The number of nitro groups is 1. The first-order valence-corrected chi connectivity index (χ1v) is 6.32. The molecule has 1 aromatic heterocycles. The van der Waals surface area contributed by atoms with Gasteiger partial charge < -0.3 is 9.30 Å². The third-order valence-corrected chi connectivity index (χ3v) is 3.14. The van der Waals surface area contributed by atoms with Gasteiger partial charge in [0.1, 0.15) is 11.3 Å². The van der Waals surface area contributed by atoms with Gasteiger partial charge in [0.15, 0.2) is 0 Å². The third-order valence-electron chi connectivity index (χ3n) is 3.14. The smallest absolute Gasteiger partial charge is 0.421 e. The van der Waals surface area contributed by atoms with Crippen LogP contribution in [0.2, 0.25) is 0 Å². The number of benzene rings is 1. The SMILES string of the molecule is COc1ccc([N+](=O)[O-])cc1Cn1cccc(C(F)(F)F)c1=O. The molecule has 0 atom stereocenters. The Morgan fingerprint density at radius 1 is 1.30 bits per heavy atom. The molecule has 0 saturated carbocycles. The highest BCUT2D eigenvalue weighted by atomic mass is 19.4. The molecule has 0 saturated heterocycles. The molecular weight excluding hydrogens is 317 g/mol. The van der Waals surface area contributed by atoms with Gasteiger partial charge in [-0.05, 0) is 18.2 Å². The summed E-state index contributed by atoms with van der Waals surface area (Å²) in [5, 5.41) is 10.8. The molecule has 0 aliphatic carbocycles. The minimum atomic E-state index is -4.77. The van der Waals surface area contributed by atoms with Crippen LogP contribution in [0, 0.1) is 10.1 Å². The molecule has 1 aromatic carbocycles. The maximum Gasteiger partial charge on any atom is 0.421 e. The second kappa shape index (κ2) is 6.11. The topological polar surface area (TPSA) is 74.4 Å². The summed E-state index contributed by atoms with van der Waals surface area (Å²) >= 11 is 0. The Morgan fingerprint density at radius 3 is 2.57 bits per heavy atom. The summed E-state index contributed by atoms with van der Waals surface area (Å²) in [5.41, 5.74) is -2.55. The maximum absolute atomic E-state index is 12.8. The van der Waals surface area contributed by atoms with Crippen molar-refractivity contribution in [3.8, 4) is 5.75 Å². The number of aromatic nitrogens is 1. The van der Waals surface area contributed by atoms with Crippen molar-refractivity contribution in [2.75, 3.05) is 7.11 Å². The van der Waals surface area contributed by atoms with Crippen LogP contribution in [-0.2, 0) is 12.7 Å². The summed E-state index contributed by atoms with van der Waals surface area (Å²) in [6.45, 7) is -0.284. The molecule has 1 heterocycles. The highest BCUT2D eigenvalue weighted by Gasteiger charge is 2.34. The second-order valence-corrected chi connectivity index (χ2v) is 4.61. The Bertz CT molecular complexity index is 799. The molecule has 0 radical (unpaired) electrons. The van der Waals surface area contributed by atoms with Crippen molar-refractivity contribution >= 4 is 5.69 Å². The van der Waals surface area contributed by atoms with Gasteiger partial charge in [0.05, 0.1) is 18.6 Å². The molecule has 9 heteroatoms. The van der Waals surface area contributed by atoms with Gasteiger partial charge in [0, 0.05) is 23.9 Å². The number of pyridine rings is 1. The number of halogens is 3. The van der Waals surface area contributed by atoms with Crippen LogP contribution in [0.5, 0.6) is 5.75 Å². The average Bonchev–Trinajstić information content (AvgIpc) is 2.48. The molecule has 0 amide bonds. The largest absolute Gasteiger partial charge is 0.496 e. The van der Waals surface area contributed by atoms with E-state index >= 15 is 0 Å². The molecule has 2 rings (SSSR count). The van der Waals surface area contributed by atoms with Crippen molar-refractivity contribution in [3.63, 3.8) is 0 Å². The monoisotopic (exact) mass is 328 g/mol. The minimum absolute atomic E-state index is 0.225. The number of hydrogen-bond acceptors (Lipinski definition) is 4. The van der Waals surface area contributed by atoms with Crippen molar-refractivity contribution in [1.29, 1.82) is 0 Å². The van der Waals surface area contributed by atoms with Crippen LogP contribution in [0.15, 0.2) is 41.3 Å². The van der Waals surface area contributed by atoms with Crippen molar-refractivity contribution in [3.05, 3.63) is 68.1 Å². The molecule has 0 fully saturated rings. The van der Waals surface area contributed by atoms with Crippen LogP contribution >= 0.6 is 0 Å². The zero-order chi connectivity index (χ0) is 17.2. The van der Waals surface area contributed by atoms with E-state index in [0.29, 0.717) is 6.07 Å². The van der Waals surface area contributed by atoms with Gasteiger partial charge in [-0.2, -0.15) is 13.2 Å². The predicted octanol–water partition coefficient (Wildman–Crippen LogP) is 2.83. The first-order chi connectivity index (χ1) is 10.7. The number of nitro benzene ring substituents is 1. The summed E-state index contributed by atoms with van der Waals surface area (Å²) < 4.78 is 44.1. The lowest BCUT2D eigenvalue weighted by Gasteiger charge is -2.12. The Hall–Kier alpha value is -2.84. The highest BCUT2D eigenvalue weighted by molar-refractivity contribution is 5.44. The Labute approximate surface area is 127 Å². The van der Waals surface area contributed by atoms with E-state index in [9.17, 15) is 28.1 Å². The molecule has 0 aliphatic heterocycles. The zero-order valence-corrected chi connectivity index (χ0v) is 11.8. The van der Waals surface area contributed by atoms with Crippen molar-refractivity contribution in [2.45, 2.75) is 12.7 Å². The standard InChI is InChI=1S/C14H11F3N2O4/c1-23-12-5-4-10(19(21)22)7-9(12)8-18-6-2-3-11(13(18)20)14(15,16)17/h2-7H,8H2,1H3. The fourth-order valence-electron chi connectivity index (χ4n) is 2.06. The highest BCUT2D eigenvalue weighted by Crippen LogP contribution is 2.27. The number of rotatable bonds is 4. The summed E-state index contributed by atoms with van der Waals surface area (Å²) in [6, 6.07) is 5.46. The first-order valence-electron chi connectivity index (χ1n) is 6.32. The van der Waals surface area contributed by atoms with Crippen LogP contribution in [0.25, 0.3) is 0 Å². The first kappa shape index (κ1) is 16.5. The molecule has 0 unspecified atom stereocenters. The number of nitrogens with zero attached hydrogens (tertiary/aromatic N) is 2. The van der Waals surface area contributed by atoms with E-state index in [1.54, 1.807) is 0 Å². The molecular formula is C14H11F3N2O4. The van der Waals surface area contributed by atoms with E-state index in [1.807, 2.05) is 0 Å². The Kier molecular flexibility index (Phi) is 4.39. The van der Waals surface area contributed by atoms with Crippen molar-refractivity contribution < 1.29 is 22.8 Å². The Balaban J connectivity index is 2.49. The fourth-order valence-corrected chi connectivity index (χ4v) is 2.06. The van der Waals surface area contributed by atoms with Crippen LogP contribution < -0.4 is 10.3 Å². The average molecular weight is 328 g/mol. The van der Waals surface area contributed by atoms with Gasteiger partial charge in [0.2, 0.25) is 0 Å². The number of hydrogen-bond donors (Lipinski definition) is 0. The summed E-state index contributed by atoms with van der Waals surface area (Å²) in [4.78, 5) is 22.1. The van der Waals surface area contributed by atoms with Gasteiger partial charge >= 0.3 is 6.18 Å². The molecule has 2 aromatic rings. The summed E-state index contributed by atoms with van der Waals surface area (Å²) in [6.07, 6.45) is -3.59. The maximum atomic E-state index is 12.8.